The van der Waals surface area contributed by atoms with Crippen molar-refractivity contribution in [2.24, 2.45) is 5.92 Å². The first-order valence-electron chi connectivity index (χ1n) is 8.51. The van der Waals surface area contributed by atoms with Crippen molar-refractivity contribution in [1.29, 1.82) is 0 Å². The van der Waals surface area contributed by atoms with Crippen LogP contribution >= 0.6 is 0 Å². The van der Waals surface area contributed by atoms with Crippen LogP contribution in [0.2, 0.25) is 0 Å². The lowest BCUT2D eigenvalue weighted by Gasteiger charge is -2.16. The molecule has 0 saturated carbocycles. The summed E-state index contributed by atoms with van der Waals surface area (Å²) in [6.45, 7) is 0.931. The lowest BCUT2D eigenvalue weighted by Crippen LogP contribution is -2.28. The molecule has 0 radical (unpaired) electrons. The third-order valence-electron chi connectivity index (χ3n) is 4.44. The molecule has 6 nitrogen and oxygen atoms in total. The van der Waals surface area contributed by atoms with Crippen LogP contribution in [0.15, 0.2) is 54.6 Å². The van der Waals surface area contributed by atoms with Crippen LogP contribution in [0.5, 0.6) is 0 Å². The molecular formula is C20H21N3O3. The van der Waals surface area contributed by atoms with Gasteiger partial charge in [-0.25, -0.2) is 0 Å². The molecule has 1 fully saturated rings. The van der Waals surface area contributed by atoms with Gasteiger partial charge in [-0.3, -0.25) is 14.4 Å². The predicted octanol–water partition coefficient (Wildman–Crippen LogP) is 2.03. The number of hydrogen-bond acceptors (Lipinski definition) is 3. The topological polar surface area (TPSA) is 78.5 Å². The fourth-order valence-electron chi connectivity index (χ4n) is 3.00. The second-order valence-corrected chi connectivity index (χ2v) is 6.31. The Bertz CT molecular complexity index is 803. The zero-order valence-electron chi connectivity index (χ0n) is 14.6. The van der Waals surface area contributed by atoms with Crippen LogP contribution in [0.3, 0.4) is 0 Å². The minimum Gasteiger partial charge on any atom is -0.355 e. The van der Waals surface area contributed by atoms with Crippen LogP contribution in [0.25, 0.3) is 0 Å². The molecular weight excluding hydrogens is 330 g/mol. The second-order valence-electron chi connectivity index (χ2n) is 6.31. The number of anilines is 1. The third-order valence-corrected chi connectivity index (χ3v) is 4.44. The normalized spacial score (nSPS) is 16.4. The molecule has 0 aliphatic carbocycles. The third kappa shape index (κ3) is 4.08. The molecule has 1 heterocycles. The highest BCUT2D eigenvalue weighted by atomic mass is 16.2. The summed E-state index contributed by atoms with van der Waals surface area (Å²) in [5.41, 5.74) is 2.18. The molecule has 0 spiro atoms. The average Bonchev–Trinajstić information content (AvgIpc) is 3.03. The standard InChI is InChI=1S/C20H21N3O3/c1-21-19(25)15-7-9-17(10-8-15)22-20(26)16-11-18(24)23(13-16)12-14-5-3-2-4-6-14/h2-10,16H,11-13H2,1H3,(H,21,25)(H,22,26)/t16-/m0/s1. The number of hydrogen-bond donors (Lipinski definition) is 2. The average molecular weight is 351 g/mol. The fourth-order valence-corrected chi connectivity index (χ4v) is 3.00. The van der Waals surface area contributed by atoms with E-state index in [1.807, 2.05) is 30.3 Å². The van der Waals surface area contributed by atoms with Gasteiger partial charge in [-0.1, -0.05) is 30.3 Å². The largest absolute Gasteiger partial charge is 0.355 e. The van der Waals surface area contributed by atoms with Crippen LogP contribution in [-0.4, -0.2) is 36.2 Å². The lowest BCUT2D eigenvalue weighted by atomic mass is 10.1. The predicted molar refractivity (Wildman–Crippen MR) is 98.4 cm³/mol. The van der Waals surface area contributed by atoms with Crippen molar-refractivity contribution in [3.8, 4) is 0 Å². The van der Waals surface area contributed by atoms with E-state index in [-0.39, 0.29) is 30.1 Å². The van der Waals surface area contributed by atoms with Crippen molar-refractivity contribution >= 4 is 23.4 Å². The number of rotatable bonds is 5. The molecule has 1 aliphatic heterocycles. The van der Waals surface area contributed by atoms with E-state index in [1.54, 1.807) is 36.2 Å². The van der Waals surface area contributed by atoms with Crippen molar-refractivity contribution in [2.45, 2.75) is 13.0 Å². The van der Waals surface area contributed by atoms with Gasteiger partial charge in [0.25, 0.3) is 5.91 Å². The lowest BCUT2D eigenvalue weighted by molar-refractivity contribution is -0.128. The Morgan fingerprint density at radius 2 is 1.77 bits per heavy atom. The number of benzene rings is 2. The highest BCUT2D eigenvalue weighted by Gasteiger charge is 2.34. The highest BCUT2D eigenvalue weighted by molar-refractivity contribution is 5.98. The Morgan fingerprint density at radius 3 is 2.42 bits per heavy atom. The molecule has 3 rings (SSSR count). The van der Waals surface area contributed by atoms with Crippen LogP contribution in [0.4, 0.5) is 5.69 Å². The molecule has 0 aromatic heterocycles. The van der Waals surface area contributed by atoms with Crippen molar-refractivity contribution in [2.75, 3.05) is 18.9 Å². The van der Waals surface area contributed by atoms with Crippen molar-refractivity contribution in [3.05, 3.63) is 65.7 Å². The molecule has 134 valence electrons. The number of carbonyl (C=O) groups excluding carboxylic acids is 3. The zero-order valence-corrected chi connectivity index (χ0v) is 14.6. The molecule has 0 unspecified atom stereocenters. The monoisotopic (exact) mass is 351 g/mol. The summed E-state index contributed by atoms with van der Waals surface area (Å²) in [5, 5.41) is 5.37. The van der Waals surface area contributed by atoms with Crippen molar-refractivity contribution in [3.63, 3.8) is 0 Å². The molecule has 2 aromatic rings. The van der Waals surface area contributed by atoms with Gasteiger partial charge in [0.1, 0.15) is 0 Å². The van der Waals surface area contributed by atoms with E-state index >= 15 is 0 Å². The maximum absolute atomic E-state index is 12.5. The van der Waals surface area contributed by atoms with E-state index in [0.717, 1.165) is 5.56 Å². The van der Waals surface area contributed by atoms with Gasteiger partial charge in [-0.05, 0) is 29.8 Å². The number of likely N-dealkylation sites (tertiary alicyclic amines) is 1. The van der Waals surface area contributed by atoms with Crippen molar-refractivity contribution < 1.29 is 14.4 Å². The molecule has 1 aliphatic rings. The van der Waals surface area contributed by atoms with Gasteiger partial charge in [-0.15, -0.1) is 0 Å². The first kappa shape index (κ1) is 17.7. The first-order valence-corrected chi connectivity index (χ1v) is 8.51. The van der Waals surface area contributed by atoms with Gasteiger partial charge in [0, 0.05) is 37.8 Å². The van der Waals surface area contributed by atoms with E-state index in [1.165, 1.54) is 0 Å². The van der Waals surface area contributed by atoms with Gasteiger partial charge in [0.2, 0.25) is 11.8 Å². The number of nitrogens with one attached hydrogen (secondary N) is 2. The van der Waals surface area contributed by atoms with Gasteiger partial charge >= 0.3 is 0 Å². The Kier molecular flexibility index (Phi) is 5.31. The van der Waals surface area contributed by atoms with Crippen LogP contribution in [0, 0.1) is 5.92 Å². The van der Waals surface area contributed by atoms with E-state index in [2.05, 4.69) is 10.6 Å². The van der Waals surface area contributed by atoms with E-state index in [4.69, 9.17) is 0 Å². The van der Waals surface area contributed by atoms with E-state index < -0.39 is 0 Å². The van der Waals surface area contributed by atoms with E-state index in [9.17, 15) is 14.4 Å². The maximum Gasteiger partial charge on any atom is 0.251 e. The van der Waals surface area contributed by atoms with Crippen molar-refractivity contribution in [1.82, 2.24) is 10.2 Å². The molecule has 0 bridgehead atoms. The van der Waals surface area contributed by atoms with Crippen LogP contribution in [-0.2, 0) is 16.1 Å². The molecule has 2 aromatic carbocycles. The maximum atomic E-state index is 12.5. The molecule has 2 N–H and O–H groups in total. The molecule has 6 heteroatoms. The summed E-state index contributed by atoms with van der Waals surface area (Å²) in [6, 6.07) is 16.4. The Hall–Kier alpha value is -3.15. The summed E-state index contributed by atoms with van der Waals surface area (Å²) in [7, 11) is 1.57. The van der Waals surface area contributed by atoms with Gasteiger partial charge in [-0.2, -0.15) is 0 Å². The molecule has 1 atom stereocenters. The number of amides is 3. The summed E-state index contributed by atoms with van der Waals surface area (Å²) >= 11 is 0. The minimum absolute atomic E-state index is 0.0102. The highest BCUT2D eigenvalue weighted by Crippen LogP contribution is 2.22. The summed E-state index contributed by atoms with van der Waals surface area (Å²) in [4.78, 5) is 37.9. The minimum atomic E-state index is -0.371. The first-order chi connectivity index (χ1) is 12.6. The number of carbonyl (C=O) groups is 3. The van der Waals surface area contributed by atoms with Gasteiger partial charge in [0.15, 0.2) is 0 Å². The Balaban J connectivity index is 1.58. The van der Waals surface area contributed by atoms with E-state index in [0.29, 0.717) is 24.3 Å². The molecule has 26 heavy (non-hydrogen) atoms. The fraction of sp³-hybridized carbons (Fsp3) is 0.250. The quantitative estimate of drug-likeness (QED) is 0.865. The Labute approximate surface area is 152 Å². The summed E-state index contributed by atoms with van der Waals surface area (Å²) in [5.74, 6) is -0.740. The summed E-state index contributed by atoms with van der Waals surface area (Å²) < 4.78 is 0. The zero-order chi connectivity index (χ0) is 18.5. The van der Waals surface area contributed by atoms with Gasteiger partial charge < -0.3 is 15.5 Å². The molecule has 3 amide bonds. The van der Waals surface area contributed by atoms with Crippen LogP contribution < -0.4 is 10.6 Å². The summed E-state index contributed by atoms with van der Waals surface area (Å²) in [6.07, 6.45) is 0.217. The second kappa shape index (κ2) is 7.82. The van der Waals surface area contributed by atoms with Gasteiger partial charge in [0.05, 0.1) is 5.92 Å². The smallest absolute Gasteiger partial charge is 0.251 e. The van der Waals surface area contributed by atoms with Crippen LogP contribution in [0.1, 0.15) is 22.3 Å². The molecule has 1 saturated heterocycles. The number of nitrogens with zero attached hydrogens (tertiary/aromatic N) is 1. The Morgan fingerprint density at radius 1 is 1.08 bits per heavy atom. The SMILES string of the molecule is CNC(=O)c1ccc(NC(=O)[C@H]2CC(=O)N(Cc3ccccc3)C2)cc1.